The molecule has 1 fully saturated rings. The number of pyridine rings is 1. The first-order chi connectivity index (χ1) is 7.89. The fourth-order valence-corrected chi connectivity index (χ4v) is 1.44. The maximum absolute atomic E-state index is 12.4. The standard InChI is InChI=1S/C9H8F3N3O2/c10-9(11,12)6-4-15(8(16)17-6)7-5(13)2-1-3-14-7/h1-3,6H,4,13H2. The van der Waals surface area contributed by atoms with Gasteiger partial charge in [0, 0.05) is 6.20 Å². The lowest BCUT2D eigenvalue weighted by Gasteiger charge is -2.14. The van der Waals surface area contributed by atoms with Crippen LogP contribution in [0.2, 0.25) is 0 Å². The van der Waals surface area contributed by atoms with E-state index in [1.54, 1.807) is 0 Å². The fourth-order valence-electron chi connectivity index (χ4n) is 1.44. The second-order valence-corrected chi connectivity index (χ2v) is 3.44. The summed E-state index contributed by atoms with van der Waals surface area (Å²) in [4.78, 5) is 15.8. The molecule has 0 aliphatic carbocycles. The van der Waals surface area contributed by atoms with Crippen molar-refractivity contribution < 1.29 is 22.7 Å². The summed E-state index contributed by atoms with van der Waals surface area (Å²) < 4.78 is 41.3. The molecule has 2 rings (SSSR count). The summed E-state index contributed by atoms with van der Waals surface area (Å²) in [6, 6.07) is 2.96. The Morgan fingerprint density at radius 3 is 2.76 bits per heavy atom. The number of hydrogen-bond acceptors (Lipinski definition) is 4. The summed E-state index contributed by atoms with van der Waals surface area (Å²) in [6.45, 7) is -0.635. The third-order valence-corrected chi connectivity index (χ3v) is 2.25. The highest BCUT2D eigenvalue weighted by atomic mass is 19.4. The zero-order valence-corrected chi connectivity index (χ0v) is 8.44. The van der Waals surface area contributed by atoms with Gasteiger partial charge in [-0.1, -0.05) is 0 Å². The summed E-state index contributed by atoms with van der Waals surface area (Å²) in [5.41, 5.74) is 5.64. The molecule has 2 N–H and O–H groups in total. The zero-order valence-electron chi connectivity index (χ0n) is 8.44. The Kier molecular flexibility index (Phi) is 2.56. The van der Waals surface area contributed by atoms with Gasteiger partial charge >= 0.3 is 12.3 Å². The van der Waals surface area contributed by atoms with Gasteiger partial charge in [0.2, 0.25) is 6.10 Å². The number of alkyl halides is 3. The fraction of sp³-hybridized carbons (Fsp3) is 0.333. The summed E-state index contributed by atoms with van der Waals surface area (Å²) in [6.07, 6.45) is -6.50. The molecule has 1 unspecified atom stereocenters. The molecule has 92 valence electrons. The number of rotatable bonds is 1. The highest BCUT2D eigenvalue weighted by Gasteiger charge is 2.50. The predicted octanol–water partition coefficient (Wildman–Crippen LogP) is 1.55. The van der Waals surface area contributed by atoms with E-state index in [1.807, 2.05) is 0 Å². The summed E-state index contributed by atoms with van der Waals surface area (Å²) in [5.74, 6) is -0.0238. The molecule has 1 aliphatic heterocycles. The van der Waals surface area contributed by atoms with Gasteiger partial charge in [0.1, 0.15) is 0 Å². The van der Waals surface area contributed by atoms with Gasteiger partial charge in [-0.15, -0.1) is 0 Å². The lowest BCUT2D eigenvalue weighted by atomic mass is 10.3. The minimum Gasteiger partial charge on any atom is -0.434 e. The van der Waals surface area contributed by atoms with Crippen LogP contribution in [0.15, 0.2) is 18.3 Å². The Balaban J connectivity index is 2.25. The Hall–Kier alpha value is -1.99. The van der Waals surface area contributed by atoms with Gasteiger partial charge in [0.15, 0.2) is 5.82 Å². The maximum atomic E-state index is 12.4. The first-order valence-corrected chi connectivity index (χ1v) is 4.65. The molecule has 0 bridgehead atoms. The number of carbonyl (C=O) groups excluding carboxylic acids is 1. The molecule has 1 aromatic rings. The van der Waals surface area contributed by atoms with E-state index in [4.69, 9.17) is 5.73 Å². The van der Waals surface area contributed by atoms with Crippen molar-refractivity contribution in [2.75, 3.05) is 17.2 Å². The lowest BCUT2D eigenvalue weighted by molar-refractivity contribution is -0.191. The average Bonchev–Trinajstić information content (AvgIpc) is 2.61. The number of aromatic nitrogens is 1. The van der Waals surface area contributed by atoms with Gasteiger partial charge in [0.25, 0.3) is 0 Å². The van der Waals surface area contributed by atoms with Crippen LogP contribution in [0, 0.1) is 0 Å². The number of hydrogen-bond donors (Lipinski definition) is 1. The molecule has 0 saturated carbocycles. The molecule has 1 saturated heterocycles. The van der Waals surface area contributed by atoms with E-state index >= 15 is 0 Å². The first-order valence-electron chi connectivity index (χ1n) is 4.65. The van der Waals surface area contributed by atoms with Crippen LogP contribution < -0.4 is 10.6 Å². The van der Waals surface area contributed by atoms with Crippen molar-refractivity contribution in [3.8, 4) is 0 Å². The SMILES string of the molecule is Nc1cccnc1N1CC(C(F)(F)F)OC1=O. The van der Waals surface area contributed by atoms with E-state index in [1.165, 1.54) is 18.3 Å². The van der Waals surface area contributed by atoms with Crippen LogP contribution in [-0.4, -0.2) is 29.9 Å². The second-order valence-electron chi connectivity index (χ2n) is 3.44. The van der Waals surface area contributed by atoms with Crippen molar-refractivity contribution >= 4 is 17.6 Å². The molecule has 1 atom stereocenters. The van der Waals surface area contributed by atoms with Gasteiger partial charge in [-0.05, 0) is 12.1 Å². The molecule has 1 aliphatic rings. The number of anilines is 2. The number of cyclic esters (lactones) is 1. The van der Waals surface area contributed by atoms with Gasteiger partial charge in [-0.3, -0.25) is 4.90 Å². The van der Waals surface area contributed by atoms with Gasteiger partial charge in [-0.25, -0.2) is 9.78 Å². The normalized spacial score (nSPS) is 20.5. The number of ether oxygens (including phenoxy) is 1. The molecule has 0 spiro atoms. The van der Waals surface area contributed by atoms with Crippen molar-refractivity contribution in [3.63, 3.8) is 0 Å². The van der Waals surface area contributed by atoms with E-state index in [2.05, 4.69) is 9.72 Å². The van der Waals surface area contributed by atoms with Crippen LogP contribution in [0.25, 0.3) is 0 Å². The predicted molar refractivity (Wildman–Crippen MR) is 52.3 cm³/mol. The zero-order chi connectivity index (χ0) is 12.6. The van der Waals surface area contributed by atoms with Gasteiger partial charge < -0.3 is 10.5 Å². The Labute approximate surface area is 94.0 Å². The number of amides is 1. The third-order valence-electron chi connectivity index (χ3n) is 2.25. The second kappa shape index (κ2) is 3.79. The average molecular weight is 247 g/mol. The van der Waals surface area contributed by atoms with Crippen molar-refractivity contribution in [2.24, 2.45) is 0 Å². The van der Waals surface area contributed by atoms with Crippen molar-refractivity contribution in [1.82, 2.24) is 4.98 Å². The Morgan fingerprint density at radius 1 is 1.53 bits per heavy atom. The Bertz CT molecular complexity index is 449. The monoisotopic (exact) mass is 247 g/mol. The number of nitrogens with two attached hydrogens (primary N) is 1. The summed E-state index contributed by atoms with van der Waals surface area (Å²) >= 11 is 0. The highest BCUT2D eigenvalue weighted by Crippen LogP contribution is 2.32. The molecular weight excluding hydrogens is 239 g/mol. The number of nitrogens with zero attached hydrogens (tertiary/aromatic N) is 2. The summed E-state index contributed by atoms with van der Waals surface area (Å²) in [5, 5.41) is 0. The molecule has 1 aromatic heterocycles. The van der Waals surface area contributed by atoms with Gasteiger partial charge in [0.05, 0.1) is 12.2 Å². The summed E-state index contributed by atoms with van der Waals surface area (Å²) in [7, 11) is 0. The van der Waals surface area contributed by atoms with Crippen LogP contribution in [-0.2, 0) is 4.74 Å². The number of carbonyl (C=O) groups is 1. The molecule has 0 aromatic carbocycles. The smallest absolute Gasteiger partial charge is 0.427 e. The lowest BCUT2D eigenvalue weighted by Crippen LogP contribution is -2.33. The first kappa shape index (κ1) is 11.5. The van der Waals surface area contributed by atoms with E-state index in [0.717, 1.165) is 4.90 Å². The van der Waals surface area contributed by atoms with E-state index in [-0.39, 0.29) is 11.5 Å². The molecule has 2 heterocycles. The van der Waals surface area contributed by atoms with Crippen LogP contribution in [0.1, 0.15) is 0 Å². The van der Waals surface area contributed by atoms with E-state index in [9.17, 15) is 18.0 Å². The van der Waals surface area contributed by atoms with E-state index < -0.39 is 24.9 Å². The number of halogens is 3. The molecular formula is C9H8F3N3O2. The van der Waals surface area contributed by atoms with Crippen LogP contribution in [0.5, 0.6) is 0 Å². The molecule has 8 heteroatoms. The minimum atomic E-state index is -4.59. The Morgan fingerprint density at radius 2 is 2.24 bits per heavy atom. The third kappa shape index (κ3) is 2.10. The molecule has 17 heavy (non-hydrogen) atoms. The van der Waals surface area contributed by atoms with Crippen molar-refractivity contribution in [3.05, 3.63) is 18.3 Å². The van der Waals surface area contributed by atoms with Crippen molar-refractivity contribution in [1.29, 1.82) is 0 Å². The topological polar surface area (TPSA) is 68.4 Å². The maximum Gasteiger partial charge on any atom is 0.427 e. The minimum absolute atomic E-state index is 0.0238. The molecule has 0 radical (unpaired) electrons. The van der Waals surface area contributed by atoms with Crippen LogP contribution >= 0.6 is 0 Å². The van der Waals surface area contributed by atoms with Crippen molar-refractivity contribution in [2.45, 2.75) is 12.3 Å². The molecule has 5 nitrogen and oxygen atoms in total. The van der Waals surface area contributed by atoms with E-state index in [0.29, 0.717) is 0 Å². The van der Waals surface area contributed by atoms with Gasteiger partial charge in [-0.2, -0.15) is 13.2 Å². The highest BCUT2D eigenvalue weighted by molar-refractivity contribution is 5.91. The van der Waals surface area contributed by atoms with Crippen LogP contribution in [0.3, 0.4) is 0 Å². The molecule has 1 amide bonds. The van der Waals surface area contributed by atoms with Crippen LogP contribution in [0.4, 0.5) is 29.5 Å². The largest absolute Gasteiger partial charge is 0.434 e. The number of nitrogen functional groups attached to an aromatic ring is 1. The quantitative estimate of drug-likeness (QED) is 0.817.